The van der Waals surface area contributed by atoms with Gasteiger partial charge in [-0.15, -0.1) is 0 Å². The third-order valence-corrected chi connectivity index (χ3v) is 7.06. The van der Waals surface area contributed by atoms with Crippen molar-refractivity contribution in [2.24, 2.45) is 0 Å². The summed E-state index contributed by atoms with van der Waals surface area (Å²) in [5.74, 6) is 0.626. The highest BCUT2D eigenvalue weighted by molar-refractivity contribution is 6.01. The van der Waals surface area contributed by atoms with E-state index < -0.39 is 5.66 Å². The number of amides is 3. The van der Waals surface area contributed by atoms with Gasteiger partial charge in [-0.1, -0.05) is 30.3 Å². The van der Waals surface area contributed by atoms with Gasteiger partial charge >= 0.3 is 0 Å². The van der Waals surface area contributed by atoms with Crippen molar-refractivity contribution in [3.05, 3.63) is 59.8 Å². The van der Waals surface area contributed by atoms with Crippen LogP contribution in [0.3, 0.4) is 0 Å². The summed E-state index contributed by atoms with van der Waals surface area (Å²) in [7, 11) is 0. The van der Waals surface area contributed by atoms with E-state index in [2.05, 4.69) is 27.8 Å². The molecule has 0 radical (unpaired) electrons. The minimum absolute atomic E-state index is 0.00687. The third-order valence-electron chi connectivity index (χ3n) is 7.06. The van der Waals surface area contributed by atoms with E-state index in [4.69, 9.17) is 0 Å². The minimum Gasteiger partial charge on any atom is -0.347 e. The zero-order valence-corrected chi connectivity index (χ0v) is 18.6. The molecule has 8 heteroatoms. The molecular formula is C25H29N5O3. The first-order valence-electron chi connectivity index (χ1n) is 11.7. The Kier molecular flexibility index (Phi) is 5.74. The number of hydrogen-bond acceptors (Lipinski definition) is 5. The monoisotopic (exact) mass is 447 g/mol. The van der Waals surface area contributed by atoms with Crippen molar-refractivity contribution < 1.29 is 14.4 Å². The van der Waals surface area contributed by atoms with E-state index in [9.17, 15) is 14.4 Å². The van der Waals surface area contributed by atoms with Gasteiger partial charge in [0, 0.05) is 44.6 Å². The Balaban J connectivity index is 1.23. The van der Waals surface area contributed by atoms with Crippen molar-refractivity contribution in [1.29, 1.82) is 0 Å². The van der Waals surface area contributed by atoms with E-state index in [0.29, 0.717) is 43.2 Å². The molecular weight excluding hydrogens is 418 g/mol. The second kappa shape index (κ2) is 8.84. The minimum atomic E-state index is -0.727. The summed E-state index contributed by atoms with van der Waals surface area (Å²) in [6.45, 7) is 1.90. The second-order valence-electron chi connectivity index (χ2n) is 9.22. The molecule has 0 bridgehead atoms. The standard InChI is InChI=1S/C25H29N5O3/c31-21-10-11-25(27-23-20(24(33)28-25)9-4-13-26-23)12-15-30(21)17-22(32)29-14-5-8-19(16-29)18-6-2-1-3-7-18/h1-4,6-7,9,13,19H,5,8,10-12,14-17H2,(H,26,27)(H,28,33)/t19-,25-/m1/s1. The summed E-state index contributed by atoms with van der Waals surface area (Å²) >= 11 is 0. The maximum absolute atomic E-state index is 13.1. The van der Waals surface area contributed by atoms with E-state index in [0.717, 1.165) is 19.4 Å². The quantitative estimate of drug-likeness (QED) is 0.753. The number of pyridine rings is 1. The Hall–Kier alpha value is -3.42. The Bertz CT molecular complexity index is 1060. The first kappa shape index (κ1) is 21.4. The molecule has 3 aliphatic rings. The SMILES string of the molecule is O=C1N[C@@]2(CCC(=O)N(CC(=O)N3CCC[C@@H](c4ccccc4)C3)CC2)Nc2ncccc21. The lowest BCUT2D eigenvalue weighted by atomic mass is 9.90. The molecule has 2 N–H and O–H groups in total. The summed E-state index contributed by atoms with van der Waals surface area (Å²) in [4.78, 5) is 46.4. The number of carbonyl (C=O) groups excluding carboxylic acids is 3. The van der Waals surface area contributed by atoms with Gasteiger partial charge in [0.25, 0.3) is 5.91 Å². The summed E-state index contributed by atoms with van der Waals surface area (Å²) in [6, 6.07) is 13.8. The van der Waals surface area contributed by atoms with Crippen LogP contribution < -0.4 is 10.6 Å². The molecule has 172 valence electrons. The molecule has 0 aliphatic carbocycles. The van der Waals surface area contributed by atoms with Crippen LogP contribution in [0.2, 0.25) is 0 Å². The maximum Gasteiger partial charge on any atom is 0.256 e. The molecule has 8 nitrogen and oxygen atoms in total. The van der Waals surface area contributed by atoms with Crippen LogP contribution in [0.15, 0.2) is 48.7 Å². The number of aromatic nitrogens is 1. The number of rotatable bonds is 3. The highest BCUT2D eigenvalue weighted by Crippen LogP contribution is 2.31. The first-order valence-corrected chi connectivity index (χ1v) is 11.7. The molecule has 0 unspecified atom stereocenters. The zero-order chi connectivity index (χ0) is 22.8. The van der Waals surface area contributed by atoms with Gasteiger partial charge in [-0.2, -0.15) is 0 Å². The lowest BCUT2D eigenvalue weighted by Gasteiger charge is -2.39. The Morgan fingerprint density at radius 2 is 1.91 bits per heavy atom. The van der Waals surface area contributed by atoms with Crippen molar-refractivity contribution >= 4 is 23.5 Å². The third kappa shape index (κ3) is 4.42. The van der Waals surface area contributed by atoms with Crippen molar-refractivity contribution in [3.63, 3.8) is 0 Å². The van der Waals surface area contributed by atoms with Crippen molar-refractivity contribution in [3.8, 4) is 0 Å². The molecule has 0 saturated carbocycles. The van der Waals surface area contributed by atoms with Crippen molar-refractivity contribution in [1.82, 2.24) is 20.1 Å². The number of fused-ring (bicyclic) bond motifs is 1. The Morgan fingerprint density at radius 1 is 1.06 bits per heavy atom. The van der Waals surface area contributed by atoms with E-state index in [-0.39, 0.29) is 30.7 Å². The molecule has 2 saturated heterocycles. The second-order valence-corrected chi connectivity index (χ2v) is 9.22. The normalized spacial score (nSPS) is 25.2. The fourth-order valence-corrected chi connectivity index (χ4v) is 5.17. The molecule has 2 atom stereocenters. The number of likely N-dealkylation sites (tertiary alicyclic amines) is 2. The van der Waals surface area contributed by atoms with Gasteiger partial charge in [-0.3, -0.25) is 14.4 Å². The van der Waals surface area contributed by atoms with E-state index in [1.54, 1.807) is 23.2 Å². The van der Waals surface area contributed by atoms with Crippen LogP contribution >= 0.6 is 0 Å². The number of piperidine rings is 1. The van der Waals surface area contributed by atoms with Crippen LogP contribution in [0.4, 0.5) is 5.82 Å². The summed E-state index contributed by atoms with van der Waals surface area (Å²) in [5.41, 5.74) is 1.04. The van der Waals surface area contributed by atoms with Gasteiger partial charge in [0.2, 0.25) is 11.8 Å². The molecule has 1 aromatic carbocycles. The average Bonchev–Trinajstić information content (AvgIpc) is 2.99. The predicted molar refractivity (Wildman–Crippen MR) is 123 cm³/mol. The molecule has 1 aromatic heterocycles. The summed E-state index contributed by atoms with van der Waals surface area (Å²) in [6.07, 6.45) is 4.91. The number of hydrogen-bond donors (Lipinski definition) is 2. The van der Waals surface area contributed by atoms with Crippen LogP contribution in [0.25, 0.3) is 0 Å². The van der Waals surface area contributed by atoms with Crippen molar-refractivity contribution in [2.75, 3.05) is 31.5 Å². The topological polar surface area (TPSA) is 94.6 Å². The van der Waals surface area contributed by atoms with Crippen LogP contribution in [0.1, 0.15) is 53.9 Å². The van der Waals surface area contributed by atoms with E-state index in [1.165, 1.54) is 5.56 Å². The van der Waals surface area contributed by atoms with Gasteiger partial charge in [0.1, 0.15) is 11.5 Å². The van der Waals surface area contributed by atoms with Gasteiger partial charge in [-0.05, 0) is 37.0 Å². The van der Waals surface area contributed by atoms with Crippen LogP contribution in [0.5, 0.6) is 0 Å². The molecule has 2 fully saturated rings. The van der Waals surface area contributed by atoms with Crippen LogP contribution in [-0.2, 0) is 9.59 Å². The van der Waals surface area contributed by atoms with Gasteiger partial charge in [0.15, 0.2) is 0 Å². The Morgan fingerprint density at radius 3 is 2.76 bits per heavy atom. The van der Waals surface area contributed by atoms with E-state index >= 15 is 0 Å². The summed E-state index contributed by atoms with van der Waals surface area (Å²) < 4.78 is 0. The van der Waals surface area contributed by atoms with Gasteiger partial charge in [-0.25, -0.2) is 4.98 Å². The smallest absolute Gasteiger partial charge is 0.256 e. The molecule has 1 spiro atoms. The fourth-order valence-electron chi connectivity index (χ4n) is 5.17. The number of nitrogens with one attached hydrogen (secondary N) is 2. The first-order chi connectivity index (χ1) is 16.0. The maximum atomic E-state index is 13.1. The molecule has 3 amide bonds. The number of anilines is 1. The summed E-state index contributed by atoms with van der Waals surface area (Å²) in [5, 5.41) is 6.39. The van der Waals surface area contributed by atoms with Crippen LogP contribution in [0, 0.1) is 0 Å². The average molecular weight is 448 g/mol. The lowest BCUT2D eigenvalue weighted by molar-refractivity contribution is -0.140. The number of benzene rings is 1. The molecule has 33 heavy (non-hydrogen) atoms. The van der Waals surface area contributed by atoms with E-state index in [1.807, 2.05) is 23.1 Å². The zero-order valence-electron chi connectivity index (χ0n) is 18.6. The largest absolute Gasteiger partial charge is 0.347 e. The molecule has 4 heterocycles. The highest BCUT2D eigenvalue weighted by atomic mass is 16.2. The van der Waals surface area contributed by atoms with Gasteiger partial charge < -0.3 is 20.4 Å². The predicted octanol–water partition coefficient (Wildman–Crippen LogP) is 2.35. The van der Waals surface area contributed by atoms with Gasteiger partial charge in [0.05, 0.1) is 12.1 Å². The van der Waals surface area contributed by atoms with Crippen LogP contribution in [-0.4, -0.2) is 64.3 Å². The fraction of sp³-hybridized carbons (Fsp3) is 0.440. The molecule has 2 aromatic rings. The molecule has 5 rings (SSSR count). The molecule has 3 aliphatic heterocycles. The Labute approximate surface area is 193 Å². The van der Waals surface area contributed by atoms with Crippen molar-refractivity contribution in [2.45, 2.75) is 43.7 Å². The lowest BCUT2D eigenvalue weighted by Crippen LogP contribution is -2.58. The highest BCUT2D eigenvalue weighted by Gasteiger charge is 2.41. The number of carbonyl (C=O) groups is 3. The number of nitrogens with zero attached hydrogens (tertiary/aromatic N) is 3.